The highest BCUT2D eigenvalue weighted by Crippen LogP contribution is 2.21. The SMILES string of the molecule is CC[N+]1(CC)CCSC1. The van der Waals surface area contributed by atoms with Crippen LogP contribution in [0.4, 0.5) is 0 Å². The third-order valence-electron chi connectivity index (χ3n) is 2.42. The number of hydrogen-bond donors (Lipinski definition) is 0. The van der Waals surface area contributed by atoms with E-state index >= 15 is 0 Å². The largest absolute Gasteiger partial charge is 0.315 e. The van der Waals surface area contributed by atoms with Gasteiger partial charge in [-0.05, 0) is 13.8 Å². The summed E-state index contributed by atoms with van der Waals surface area (Å²) in [5.74, 6) is 2.73. The average molecular weight is 146 g/mol. The minimum Gasteiger partial charge on any atom is -0.315 e. The fraction of sp³-hybridized carbons (Fsp3) is 1.00. The van der Waals surface area contributed by atoms with E-state index in [1.54, 1.807) is 0 Å². The van der Waals surface area contributed by atoms with Gasteiger partial charge in [0.1, 0.15) is 5.88 Å². The van der Waals surface area contributed by atoms with E-state index in [4.69, 9.17) is 0 Å². The van der Waals surface area contributed by atoms with Crippen molar-refractivity contribution in [2.45, 2.75) is 13.8 Å². The van der Waals surface area contributed by atoms with E-state index in [1.165, 1.54) is 35.7 Å². The van der Waals surface area contributed by atoms with Crippen LogP contribution in [0.25, 0.3) is 0 Å². The Balaban J connectivity index is 2.45. The Morgan fingerprint density at radius 1 is 1.33 bits per heavy atom. The van der Waals surface area contributed by atoms with Gasteiger partial charge in [-0.3, -0.25) is 0 Å². The molecule has 0 N–H and O–H groups in total. The van der Waals surface area contributed by atoms with Crippen molar-refractivity contribution in [3.8, 4) is 0 Å². The van der Waals surface area contributed by atoms with Crippen molar-refractivity contribution >= 4 is 11.8 Å². The molecule has 0 bridgehead atoms. The molecule has 0 aromatic carbocycles. The first-order valence-corrected chi connectivity index (χ1v) is 4.91. The highest BCUT2D eigenvalue weighted by molar-refractivity contribution is 7.99. The number of nitrogens with zero attached hydrogens (tertiary/aromatic N) is 1. The van der Waals surface area contributed by atoms with Crippen LogP contribution in [-0.2, 0) is 0 Å². The third-order valence-corrected chi connectivity index (χ3v) is 3.62. The molecule has 0 spiro atoms. The van der Waals surface area contributed by atoms with E-state index < -0.39 is 0 Å². The van der Waals surface area contributed by atoms with E-state index in [-0.39, 0.29) is 0 Å². The van der Waals surface area contributed by atoms with Gasteiger partial charge in [0.05, 0.1) is 19.6 Å². The maximum atomic E-state index is 2.30. The van der Waals surface area contributed by atoms with Crippen LogP contribution in [0.15, 0.2) is 0 Å². The predicted molar refractivity (Wildman–Crippen MR) is 43.5 cm³/mol. The van der Waals surface area contributed by atoms with E-state index in [9.17, 15) is 0 Å². The molecule has 0 saturated carbocycles. The van der Waals surface area contributed by atoms with Crippen molar-refractivity contribution < 1.29 is 4.48 Å². The molecule has 1 heterocycles. The van der Waals surface area contributed by atoms with Gasteiger partial charge in [-0.25, -0.2) is 0 Å². The lowest BCUT2D eigenvalue weighted by Gasteiger charge is -2.30. The summed E-state index contributed by atoms with van der Waals surface area (Å²) < 4.78 is 1.35. The first-order valence-electron chi connectivity index (χ1n) is 3.76. The van der Waals surface area contributed by atoms with Gasteiger partial charge in [0.2, 0.25) is 0 Å². The first kappa shape index (κ1) is 7.42. The molecule has 0 unspecified atom stereocenters. The van der Waals surface area contributed by atoms with Crippen LogP contribution in [-0.4, -0.2) is 35.7 Å². The number of hydrogen-bond acceptors (Lipinski definition) is 1. The molecule has 1 nitrogen and oxygen atoms in total. The molecular weight excluding hydrogens is 130 g/mol. The summed E-state index contributed by atoms with van der Waals surface area (Å²) in [6.07, 6.45) is 0. The van der Waals surface area contributed by atoms with Gasteiger partial charge < -0.3 is 4.48 Å². The fourth-order valence-corrected chi connectivity index (χ4v) is 2.83. The summed E-state index contributed by atoms with van der Waals surface area (Å²) in [5.41, 5.74) is 0. The van der Waals surface area contributed by atoms with Gasteiger partial charge in [0.25, 0.3) is 0 Å². The highest BCUT2D eigenvalue weighted by atomic mass is 32.2. The molecule has 1 aliphatic rings. The van der Waals surface area contributed by atoms with Crippen molar-refractivity contribution in [2.75, 3.05) is 31.3 Å². The number of quaternary nitrogens is 1. The van der Waals surface area contributed by atoms with Gasteiger partial charge >= 0.3 is 0 Å². The normalized spacial score (nSPS) is 24.7. The van der Waals surface area contributed by atoms with Crippen molar-refractivity contribution in [3.05, 3.63) is 0 Å². The Kier molecular flexibility index (Phi) is 2.42. The summed E-state index contributed by atoms with van der Waals surface area (Å²) >= 11 is 2.10. The molecule has 1 fully saturated rings. The van der Waals surface area contributed by atoms with Crippen molar-refractivity contribution in [2.24, 2.45) is 0 Å². The van der Waals surface area contributed by atoms with Crippen molar-refractivity contribution in [1.82, 2.24) is 0 Å². The molecule has 1 aliphatic heterocycles. The zero-order valence-electron chi connectivity index (χ0n) is 6.39. The highest BCUT2D eigenvalue weighted by Gasteiger charge is 2.27. The summed E-state index contributed by atoms with van der Waals surface area (Å²) in [4.78, 5) is 0. The lowest BCUT2D eigenvalue weighted by atomic mass is 10.4. The molecule has 1 rings (SSSR count). The van der Waals surface area contributed by atoms with E-state index in [1.807, 2.05) is 0 Å². The quantitative estimate of drug-likeness (QED) is 0.533. The van der Waals surface area contributed by atoms with E-state index in [0.717, 1.165) is 0 Å². The minimum absolute atomic E-state index is 1.32. The van der Waals surface area contributed by atoms with Crippen LogP contribution in [0.5, 0.6) is 0 Å². The molecule has 0 aromatic rings. The van der Waals surface area contributed by atoms with Crippen LogP contribution < -0.4 is 0 Å². The molecule has 0 radical (unpaired) electrons. The molecule has 1 saturated heterocycles. The number of rotatable bonds is 2. The number of thioether (sulfide) groups is 1. The predicted octanol–water partition coefficient (Wildman–Crippen LogP) is 1.55. The van der Waals surface area contributed by atoms with Crippen molar-refractivity contribution in [1.29, 1.82) is 0 Å². The zero-order chi connectivity index (χ0) is 6.74. The summed E-state index contributed by atoms with van der Waals surface area (Å²) in [6, 6.07) is 0. The summed E-state index contributed by atoms with van der Waals surface area (Å²) in [5, 5.41) is 0. The van der Waals surface area contributed by atoms with Gasteiger partial charge in [-0.2, -0.15) is 0 Å². The molecule has 0 aromatic heterocycles. The first-order chi connectivity index (χ1) is 4.33. The average Bonchev–Trinajstić information content (AvgIpc) is 2.36. The van der Waals surface area contributed by atoms with Crippen LogP contribution in [0.1, 0.15) is 13.8 Å². The van der Waals surface area contributed by atoms with Crippen LogP contribution in [0.3, 0.4) is 0 Å². The lowest BCUT2D eigenvalue weighted by molar-refractivity contribution is -0.906. The van der Waals surface area contributed by atoms with Gasteiger partial charge in [0, 0.05) is 5.75 Å². The van der Waals surface area contributed by atoms with E-state index in [2.05, 4.69) is 25.6 Å². The second kappa shape index (κ2) is 2.93. The molecule has 0 atom stereocenters. The molecule has 0 amide bonds. The maximum absolute atomic E-state index is 2.30. The Morgan fingerprint density at radius 3 is 2.22 bits per heavy atom. The second-order valence-electron chi connectivity index (χ2n) is 2.74. The van der Waals surface area contributed by atoms with Gasteiger partial charge in [-0.15, -0.1) is 0 Å². The Morgan fingerprint density at radius 2 is 2.00 bits per heavy atom. The summed E-state index contributed by atoms with van der Waals surface area (Å²) in [7, 11) is 0. The zero-order valence-corrected chi connectivity index (χ0v) is 7.21. The van der Waals surface area contributed by atoms with E-state index in [0.29, 0.717) is 0 Å². The summed E-state index contributed by atoms with van der Waals surface area (Å²) in [6.45, 7) is 8.65. The molecule has 2 heteroatoms. The van der Waals surface area contributed by atoms with Gasteiger partial charge in [0.15, 0.2) is 0 Å². The van der Waals surface area contributed by atoms with Crippen LogP contribution in [0, 0.1) is 0 Å². The Bertz CT molecular complexity index is 80.9. The van der Waals surface area contributed by atoms with Crippen LogP contribution in [0.2, 0.25) is 0 Å². The fourth-order valence-electron chi connectivity index (χ4n) is 1.30. The molecular formula is C7H16NS+. The standard InChI is InChI=1S/C7H16NS/c1-3-8(4-2)5-6-9-7-8/h3-7H2,1-2H3/q+1. The smallest absolute Gasteiger partial charge is 0.126 e. The second-order valence-corrected chi connectivity index (χ2v) is 3.81. The van der Waals surface area contributed by atoms with Gasteiger partial charge in [-0.1, -0.05) is 11.8 Å². The molecule has 9 heavy (non-hydrogen) atoms. The Hall–Kier alpha value is 0.310. The monoisotopic (exact) mass is 146 g/mol. The Labute approximate surface area is 62.0 Å². The third kappa shape index (κ3) is 1.41. The lowest BCUT2D eigenvalue weighted by Crippen LogP contribution is -2.44. The molecule has 0 aliphatic carbocycles. The minimum atomic E-state index is 1.32. The maximum Gasteiger partial charge on any atom is 0.126 e. The van der Waals surface area contributed by atoms with Crippen LogP contribution >= 0.6 is 11.8 Å². The topological polar surface area (TPSA) is 0 Å². The van der Waals surface area contributed by atoms with Crippen molar-refractivity contribution in [3.63, 3.8) is 0 Å². The molecule has 54 valence electrons.